The summed E-state index contributed by atoms with van der Waals surface area (Å²) in [6, 6.07) is 8.77. The zero-order chi connectivity index (χ0) is 17.1. The van der Waals surface area contributed by atoms with E-state index in [4.69, 9.17) is 0 Å². The van der Waals surface area contributed by atoms with Crippen LogP contribution in [-0.4, -0.2) is 40.8 Å². The van der Waals surface area contributed by atoms with Gasteiger partial charge in [-0.05, 0) is 24.3 Å². The Hall–Kier alpha value is -3.53. The average Bonchev–Trinajstić information content (AvgIpc) is 3.35. The summed E-state index contributed by atoms with van der Waals surface area (Å²) >= 11 is 1.31. The molecule has 0 atom stereocenters. The van der Waals surface area contributed by atoms with Crippen LogP contribution in [0.5, 0.6) is 0 Å². The fourth-order valence-electron chi connectivity index (χ4n) is 2.02. The Morgan fingerprint density at radius 2 is 2.08 bits per heavy atom. The van der Waals surface area contributed by atoms with Gasteiger partial charge in [0.25, 0.3) is 5.91 Å². The minimum absolute atomic E-state index is 0.179. The summed E-state index contributed by atoms with van der Waals surface area (Å²) in [6.07, 6.45) is 4.58. The lowest BCUT2D eigenvalue weighted by Crippen LogP contribution is -2.15. The van der Waals surface area contributed by atoms with Gasteiger partial charge >= 0.3 is 0 Å². The van der Waals surface area contributed by atoms with E-state index in [0.29, 0.717) is 16.6 Å². The third kappa shape index (κ3) is 3.23. The van der Waals surface area contributed by atoms with Gasteiger partial charge in [-0.1, -0.05) is 6.07 Å². The maximum Gasteiger partial charge on any atom is 0.277 e. The minimum Gasteiger partial charge on any atom is -0.296 e. The molecule has 25 heavy (non-hydrogen) atoms. The van der Waals surface area contributed by atoms with Crippen LogP contribution in [0.15, 0.2) is 54.6 Å². The second-order valence-corrected chi connectivity index (χ2v) is 5.68. The van der Waals surface area contributed by atoms with Crippen molar-refractivity contribution in [1.29, 1.82) is 0 Å². The quantitative estimate of drug-likeness (QED) is 0.597. The van der Waals surface area contributed by atoms with E-state index in [0.717, 1.165) is 5.69 Å². The van der Waals surface area contributed by atoms with Crippen LogP contribution in [0.1, 0.15) is 10.5 Å². The topological polar surface area (TPSA) is 111 Å². The number of hydrogen-bond donors (Lipinski definition) is 1. The fraction of sp³-hybridized carbons (Fsp3) is 0. The largest absolute Gasteiger partial charge is 0.296 e. The van der Waals surface area contributed by atoms with Gasteiger partial charge in [0.05, 0.1) is 5.69 Å². The van der Waals surface area contributed by atoms with Crippen molar-refractivity contribution >= 4 is 22.4 Å². The smallest absolute Gasteiger partial charge is 0.277 e. The van der Waals surface area contributed by atoms with Gasteiger partial charge in [-0.2, -0.15) is 5.10 Å². The van der Waals surface area contributed by atoms with Crippen molar-refractivity contribution in [2.75, 3.05) is 5.32 Å². The van der Waals surface area contributed by atoms with Crippen molar-refractivity contribution < 1.29 is 4.79 Å². The lowest BCUT2D eigenvalue weighted by molar-refractivity contribution is 0.102. The van der Waals surface area contributed by atoms with Gasteiger partial charge in [0, 0.05) is 11.6 Å². The Kier molecular flexibility index (Phi) is 3.92. The highest BCUT2D eigenvalue weighted by molar-refractivity contribution is 7.14. The summed E-state index contributed by atoms with van der Waals surface area (Å²) in [7, 11) is 0. The van der Waals surface area contributed by atoms with Crippen molar-refractivity contribution in [3.05, 3.63) is 60.3 Å². The predicted octanol–water partition coefficient (Wildman–Crippen LogP) is 1.83. The molecule has 0 aliphatic rings. The fourth-order valence-corrected chi connectivity index (χ4v) is 2.72. The first-order valence-corrected chi connectivity index (χ1v) is 8.04. The number of rotatable bonds is 4. The average molecular weight is 350 g/mol. The van der Waals surface area contributed by atoms with Crippen LogP contribution in [0, 0.1) is 0 Å². The number of amides is 1. The molecule has 0 saturated carbocycles. The first kappa shape index (κ1) is 15.0. The van der Waals surface area contributed by atoms with Gasteiger partial charge in [0.1, 0.15) is 18.3 Å². The van der Waals surface area contributed by atoms with Crippen molar-refractivity contribution in [2.45, 2.75) is 0 Å². The van der Waals surface area contributed by atoms with E-state index in [2.05, 4.69) is 35.6 Å². The Balaban J connectivity index is 1.48. The lowest BCUT2D eigenvalue weighted by atomic mass is 10.3. The first-order valence-electron chi connectivity index (χ1n) is 7.16. The molecule has 0 saturated heterocycles. The van der Waals surface area contributed by atoms with Crippen LogP contribution < -0.4 is 5.32 Å². The number of nitrogens with zero attached hydrogens (tertiary/aromatic N) is 7. The van der Waals surface area contributed by atoms with Crippen LogP contribution >= 0.6 is 11.3 Å². The highest BCUT2D eigenvalue weighted by Crippen LogP contribution is 2.23. The Morgan fingerprint density at radius 1 is 1.12 bits per heavy atom. The molecule has 10 heteroatoms. The first-order chi connectivity index (χ1) is 12.3. The van der Waals surface area contributed by atoms with Gasteiger partial charge in [-0.15, -0.1) is 21.5 Å². The van der Waals surface area contributed by atoms with Crippen molar-refractivity contribution in [3.8, 4) is 17.2 Å². The van der Waals surface area contributed by atoms with Crippen LogP contribution in [0.2, 0.25) is 0 Å². The molecule has 0 radical (unpaired) electrons. The van der Waals surface area contributed by atoms with Gasteiger partial charge < -0.3 is 0 Å². The predicted molar refractivity (Wildman–Crippen MR) is 90.2 cm³/mol. The SMILES string of the molecule is O=C(Nc1nc(-c2ccccn2)cs1)c1ccc(-n2cncn2)nn1. The summed E-state index contributed by atoms with van der Waals surface area (Å²) in [4.78, 5) is 24.7. The molecule has 4 aromatic rings. The molecule has 122 valence electrons. The van der Waals surface area contributed by atoms with E-state index in [1.54, 1.807) is 18.3 Å². The Labute approximate surface area is 145 Å². The summed E-state index contributed by atoms with van der Waals surface area (Å²) in [5.74, 6) is 0.0836. The highest BCUT2D eigenvalue weighted by Gasteiger charge is 2.12. The molecule has 0 fully saturated rings. The van der Waals surface area contributed by atoms with E-state index in [1.165, 1.54) is 28.7 Å². The molecule has 0 aliphatic heterocycles. The van der Waals surface area contributed by atoms with E-state index >= 15 is 0 Å². The van der Waals surface area contributed by atoms with Gasteiger partial charge in [-0.25, -0.2) is 14.6 Å². The number of thiazole rings is 1. The zero-order valence-corrected chi connectivity index (χ0v) is 13.5. The molecule has 4 heterocycles. The highest BCUT2D eigenvalue weighted by atomic mass is 32.1. The number of pyridine rings is 1. The lowest BCUT2D eigenvalue weighted by Gasteiger charge is -2.02. The molecular formula is C15H10N8OS. The van der Waals surface area contributed by atoms with Gasteiger partial charge in [-0.3, -0.25) is 15.1 Å². The van der Waals surface area contributed by atoms with E-state index in [-0.39, 0.29) is 11.6 Å². The van der Waals surface area contributed by atoms with E-state index < -0.39 is 0 Å². The summed E-state index contributed by atoms with van der Waals surface area (Å²) in [6.45, 7) is 0. The third-order valence-electron chi connectivity index (χ3n) is 3.19. The van der Waals surface area contributed by atoms with Crippen LogP contribution in [0.25, 0.3) is 17.2 Å². The second kappa shape index (κ2) is 6.53. The molecule has 0 spiro atoms. The normalized spacial score (nSPS) is 10.6. The zero-order valence-electron chi connectivity index (χ0n) is 12.6. The molecule has 4 rings (SSSR count). The van der Waals surface area contributed by atoms with E-state index in [9.17, 15) is 4.79 Å². The second-order valence-electron chi connectivity index (χ2n) is 4.82. The molecule has 1 N–H and O–H groups in total. The molecule has 0 unspecified atom stereocenters. The molecule has 9 nitrogen and oxygen atoms in total. The van der Waals surface area contributed by atoms with Crippen LogP contribution in [0.3, 0.4) is 0 Å². The van der Waals surface area contributed by atoms with Gasteiger partial charge in [0.15, 0.2) is 16.6 Å². The summed E-state index contributed by atoms with van der Waals surface area (Å²) in [5, 5.41) is 16.8. The Morgan fingerprint density at radius 3 is 2.80 bits per heavy atom. The molecule has 0 bridgehead atoms. The van der Waals surface area contributed by atoms with Crippen molar-refractivity contribution in [2.24, 2.45) is 0 Å². The third-order valence-corrected chi connectivity index (χ3v) is 3.95. The van der Waals surface area contributed by atoms with Crippen LogP contribution in [0.4, 0.5) is 5.13 Å². The van der Waals surface area contributed by atoms with Crippen molar-refractivity contribution in [3.63, 3.8) is 0 Å². The Bertz CT molecular complexity index is 982. The number of anilines is 1. The maximum atomic E-state index is 12.3. The number of aromatic nitrogens is 7. The van der Waals surface area contributed by atoms with Gasteiger partial charge in [0.2, 0.25) is 0 Å². The maximum absolute atomic E-state index is 12.3. The number of carbonyl (C=O) groups excluding carboxylic acids is 1. The van der Waals surface area contributed by atoms with E-state index in [1.807, 2.05) is 23.6 Å². The molecule has 4 aromatic heterocycles. The number of hydrogen-bond acceptors (Lipinski definition) is 8. The molecule has 0 aromatic carbocycles. The standard InChI is InChI=1S/C15H10N8OS/c24-14(11-4-5-13(22-21-11)23-9-16-8-18-23)20-15-19-12(7-25-15)10-3-1-2-6-17-10/h1-9H,(H,19,20,24). The molecule has 0 aliphatic carbocycles. The monoisotopic (exact) mass is 350 g/mol. The van der Waals surface area contributed by atoms with Crippen molar-refractivity contribution in [1.82, 2.24) is 34.9 Å². The number of carbonyl (C=O) groups is 1. The molecular weight excluding hydrogens is 340 g/mol. The summed E-state index contributed by atoms with van der Waals surface area (Å²) < 4.78 is 1.45. The van der Waals surface area contributed by atoms with Crippen LogP contribution in [-0.2, 0) is 0 Å². The molecule has 1 amide bonds. The number of nitrogens with one attached hydrogen (secondary N) is 1. The summed E-state index contributed by atoms with van der Waals surface area (Å²) in [5.41, 5.74) is 1.63. The minimum atomic E-state index is -0.389.